The van der Waals surface area contributed by atoms with Gasteiger partial charge in [0, 0.05) is 31.0 Å². The summed E-state index contributed by atoms with van der Waals surface area (Å²) in [6.45, 7) is 2.90. The van der Waals surface area contributed by atoms with Gasteiger partial charge in [-0.05, 0) is 32.1 Å². The lowest BCUT2D eigenvalue weighted by molar-refractivity contribution is 0.0607. The molecule has 2 atom stereocenters. The number of anilines is 1. The molecule has 3 heterocycles. The summed E-state index contributed by atoms with van der Waals surface area (Å²) in [6.07, 6.45) is 7.86. The first-order valence-corrected chi connectivity index (χ1v) is 10.4. The van der Waals surface area contributed by atoms with Crippen LogP contribution in [0.1, 0.15) is 49.4 Å². The number of carbonyl (C=O) groups excluding carboxylic acids is 1. The fraction of sp³-hybridized carbons (Fsp3) is 0.688. The fourth-order valence-electron chi connectivity index (χ4n) is 3.46. The Morgan fingerprint density at radius 2 is 2.04 bits per heavy atom. The lowest BCUT2D eigenvalue weighted by Gasteiger charge is -2.35. The van der Waals surface area contributed by atoms with Crippen LogP contribution in [0.5, 0.6) is 0 Å². The lowest BCUT2D eigenvalue weighted by Crippen LogP contribution is -2.43. The van der Waals surface area contributed by atoms with E-state index in [1.807, 2.05) is 4.90 Å². The highest BCUT2D eigenvalue weighted by molar-refractivity contribution is 7.91. The Bertz CT molecular complexity index is 690. The second-order valence-corrected chi connectivity index (χ2v) is 8.82. The van der Waals surface area contributed by atoms with E-state index in [1.54, 1.807) is 0 Å². The topological polar surface area (TPSA) is 92.3 Å². The van der Waals surface area contributed by atoms with Crippen LogP contribution in [0, 0.1) is 0 Å². The maximum absolute atomic E-state index is 12.7. The normalized spacial score (nSPS) is 26.3. The van der Waals surface area contributed by atoms with Crippen molar-refractivity contribution in [2.24, 2.45) is 0 Å². The number of carbonyl (C=O) groups is 1. The predicted molar refractivity (Wildman–Crippen MR) is 91.7 cm³/mol. The highest BCUT2D eigenvalue weighted by Gasteiger charge is 2.29. The molecule has 2 saturated heterocycles. The second-order valence-electron chi connectivity index (χ2n) is 6.60. The van der Waals surface area contributed by atoms with E-state index < -0.39 is 9.84 Å². The van der Waals surface area contributed by atoms with E-state index in [2.05, 4.69) is 22.2 Å². The van der Waals surface area contributed by atoms with Crippen LogP contribution in [0.4, 0.5) is 5.95 Å². The maximum Gasteiger partial charge on any atom is 0.257 e. The summed E-state index contributed by atoms with van der Waals surface area (Å²) in [6, 6.07) is 0.149. The Hall–Kier alpha value is -1.70. The predicted octanol–water partition coefficient (Wildman–Crippen LogP) is 1.48. The first-order chi connectivity index (χ1) is 11.5. The quantitative estimate of drug-likeness (QED) is 0.882. The number of amides is 1. The molecule has 132 valence electrons. The number of nitrogens with one attached hydrogen (secondary N) is 1. The SMILES string of the molecule is CCC1CCCCN1C(=O)c1cnc(NC2CCS(=O)(=O)C2)nc1. The van der Waals surface area contributed by atoms with Crippen LogP contribution in [-0.2, 0) is 9.84 Å². The molecule has 0 bridgehead atoms. The van der Waals surface area contributed by atoms with Crippen molar-refractivity contribution in [2.75, 3.05) is 23.4 Å². The minimum absolute atomic E-state index is 0.0171. The Labute approximate surface area is 142 Å². The monoisotopic (exact) mass is 352 g/mol. The van der Waals surface area contributed by atoms with Crippen molar-refractivity contribution in [3.63, 3.8) is 0 Å². The van der Waals surface area contributed by atoms with E-state index in [0.717, 1.165) is 25.8 Å². The van der Waals surface area contributed by atoms with E-state index in [4.69, 9.17) is 0 Å². The molecule has 0 aliphatic carbocycles. The molecule has 8 heteroatoms. The molecular formula is C16H24N4O3S. The minimum Gasteiger partial charge on any atom is -0.350 e. The summed E-state index contributed by atoms with van der Waals surface area (Å²) in [4.78, 5) is 23.0. The molecule has 0 aromatic carbocycles. The van der Waals surface area contributed by atoms with Crippen molar-refractivity contribution in [3.05, 3.63) is 18.0 Å². The molecule has 0 saturated carbocycles. The number of aromatic nitrogens is 2. The van der Waals surface area contributed by atoms with Gasteiger partial charge >= 0.3 is 0 Å². The molecule has 1 aromatic rings. The highest BCUT2D eigenvalue weighted by Crippen LogP contribution is 2.22. The Morgan fingerprint density at radius 1 is 1.29 bits per heavy atom. The summed E-state index contributed by atoms with van der Waals surface area (Å²) in [5.74, 6) is 0.674. The van der Waals surface area contributed by atoms with Gasteiger partial charge < -0.3 is 10.2 Å². The van der Waals surface area contributed by atoms with Gasteiger partial charge in [0.05, 0.1) is 17.1 Å². The smallest absolute Gasteiger partial charge is 0.257 e. The molecule has 0 spiro atoms. The molecule has 2 aliphatic rings. The molecule has 3 rings (SSSR count). The largest absolute Gasteiger partial charge is 0.350 e. The third-order valence-corrected chi connectivity index (χ3v) is 6.59. The number of hydrogen-bond acceptors (Lipinski definition) is 6. The average molecular weight is 352 g/mol. The molecule has 1 N–H and O–H groups in total. The third kappa shape index (κ3) is 3.85. The van der Waals surface area contributed by atoms with Crippen LogP contribution in [0.15, 0.2) is 12.4 Å². The summed E-state index contributed by atoms with van der Waals surface area (Å²) in [7, 11) is -2.94. The summed E-state index contributed by atoms with van der Waals surface area (Å²) < 4.78 is 23.0. The molecule has 2 unspecified atom stereocenters. The van der Waals surface area contributed by atoms with Crippen molar-refractivity contribution in [2.45, 2.75) is 51.1 Å². The second kappa shape index (κ2) is 7.04. The van der Waals surface area contributed by atoms with Crippen LogP contribution in [-0.4, -0.2) is 59.3 Å². The van der Waals surface area contributed by atoms with E-state index in [9.17, 15) is 13.2 Å². The van der Waals surface area contributed by atoms with Crippen molar-refractivity contribution in [3.8, 4) is 0 Å². The summed E-state index contributed by atoms with van der Waals surface area (Å²) >= 11 is 0. The first-order valence-electron chi connectivity index (χ1n) is 8.58. The third-order valence-electron chi connectivity index (χ3n) is 4.82. The zero-order valence-corrected chi connectivity index (χ0v) is 14.8. The molecule has 2 fully saturated rings. The van der Waals surface area contributed by atoms with Crippen LogP contribution in [0.25, 0.3) is 0 Å². The fourth-order valence-corrected chi connectivity index (χ4v) is 5.14. The maximum atomic E-state index is 12.7. The minimum atomic E-state index is -2.94. The van der Waals surface area contributed by atoms with Crippen molar-refractivity contribution in [1.82, 2.24) is 14.9 Å². The summed E-state index contributed by atoms with van der Waals surface area (Å²) in [5.41, 5.74) is 0.486. The number of nitrogens with zero attached hydrogens (tertiary/aromatic N) is 3. The lowest BCUT2D eigenvalue weighted by atomic mass is 9.99. The Balaban J connectivity index is 1.64. The van der Waals surface area contributed by atoms with Crippen molar-refractivity contribution >= 4 is 21.7 Å². The van der Waals surface area contributed by atoms with Crippen molar-refractivity contribution < 1.29 is 13.2 Å². The van der Waals surface area contributed by atoms with Crippen LogP contribution < -0.4 is 5.32 Å². The molecule has 0 radical (unpaired) electrons. The van der Waals surface area contributed by atoms with Gasteiger partial charge in [0.25, 0.3) is 5.91 Å². The number of hydrogen-bond donors (Lipinski definition) is 1. The van der Waals surface area contributed by atoms with Gasteiger partial charge in [-0.25, -0.2) is 18.4 Å². The van der Waals surface area contributed by atoms with Gasteiger partial charge in [0.15, 0.2) is 9.84 Å². The zero-order valence-electron chi connectivity index (χ0n) is 13.9. The van der Waals surface area contributed by atoms with E-state index in [0.29, 0.717) is 24.0 Å². The van der Waals surface area contributed by atoms with E-state index >= 15 is 0 Å². The molecule has 2 aliphatic heterocycles. The van der Waals surface area contributed by atoms with Crippen molar-refractivity contribution in [1.29, 1.82) is 0 Å². The van der Waals surface area contributed by atoms with E-state index in [1.165, 1.54) is 18.8 Å². The standard InChI is InChI=1S/C16H24N4O3S/c1-2-14-5-3-4-7-20(14)15(21)12-9-17-16(18-10-12)19-13-6-8-24(22,23)11-13/h9-10,13-14H,2-8,11H2,1H3,(H,17,18,19). The van der Waals surface area contributed by atoms with Gasteiger partial charge in [-0.15, -0.1) is 0 Å². The van der Waals surface area contributed by atoms with Gasteiger partial charge in [0.1, 0.15) is 0 Å². The van der Waals surface area contributed by atoms with Crippen LogP contribution in [0.2, 0.25) is 0 Å². The number of sulfone groups is 1. The van der Waals surface area contributed by atoms with Crippen LogP contribution >= 0.6 is 0 Å². The van der Waals surface area contributed by atoms with Crippen LogP contribution in [0.3, 0.4) is 0 Å². The highest BCUT2D eigenvalue weighted by atomic mass is 32.2. The number of piperidine rings is 1. The Kier molecular flexibility index (Phi) is 5.03. The van der Waals surface area contributed by atoms with Gasteiger partial charge in [-0.1, -0.05) is 6.92 Å². The molecule has 7 nitrogen and oxygen atoms in total. The molecule has 1 aromatic heterocycles. The Morgan fingerprint density at radius 3 is 2.67 bits per heavy atom. The summed E-state index contributed by atoms with van der Waals surface area (Å²) in [5, 5.41) is 3.04. The average Bonchev–Trinajstić information content (AvgIpc) is 2.93. The van der Waals surface area contributed by atoms with E-state index in [-0.39, 0.29) is 23.5 Å². The van der Waals surface area contributed by atoms with Gasteiger partial charge in [0.2, 0.25) is 5.95 Å². The zero-order chi connectivity index (χ0) is 17.2. The molecule has 1 amide bonds. The van der Waals surface area contributed by atoms with Gasteiger partial charge in [-0.3, -0.25) is 4.79 Å². The first kappa shape index (κ1) is 17.1. The molecule has 24 heavy (non-hydrogen) atoms. The van der Waals surface area contributed by atoms with Gasteiger partial charge in [-0.2, -0.15) is 0 Å². The molecular weight excluding hydrogens is 328 g/mol. The number of likely N-dealkylation sites (tertiary alicyclic amines) is 1. The number of rotatable bonds is 4.